The Bertz CT molecular complexity index is 941. The predicted octanol–water partition coefficient (Wildman–Crippen LogP) is 3.99. The van der Waals surface area contributed by atoms with E-state index < -0.39 is 11.6 Å². The summed E-state index contributed by atoms with van der Waals surface area (Å²) in [5.74, 6) is -0.262. The topological polar surface area (TPSA) is 56.5 Å². The molecule has 0 amide bonds. The van der Waals surface area contributed by atoms with Crippen molar-refractivity contribution in [2.45, 2.75) is 13.3 Å². The van der Waals surface area contributed by atoms with Crippen LogP contribution in [0, 0.1) is 6.92 Å². The lowest BCUT2D eigenvalue weighted by molar-refractivity contribution is 0.0597. The van der Waals surface area contributed by atoms with E-state index in [1.807, 2.05) is 60.7 Å². The van der Waals surface area contributed by atoms with Gasteiger partial charge >= 0.3 is 11.6 Å². The van der Waals surface area contributed by atoms with Crippen molar-refractivity contribution in [3.63, 3.8) is 0 Å². The van der Waals surface area contributed by atoms with Crippen LogP contribution in [0.3, 0.4) is 0 Å². The molecule has 0 atom stereocenters. The molecule has 0 bridgehead atoms. The van der Waals surface area contributed by atoms with Crippen LogP contribution >= 0.6 is 0 Å². The van der Waals surface area contributed by atoms with Crippen LogP contribution in [0.2, 0.25) is 0 Å². The van der Waals surface area contributed by atoms with Gasteiger partial charge in [0.2, 0.25) is 0 Å². The summed E-state index contributed by atoms with van der Waals surface area (Å²) in [6.45, 7) is 1.60. The van der Waals surface area contributed by atoms with E-state index in [0.717, 1.165) is 11.1 Å². The molecule has 0 aliphatic rings. The Balaban J connectivity index is 2.29. The van der Waals surface area contributed by atoms with Gasteiger partial charge in [0.25, 0.3) is 0 Å². The monoisotopic (exact) mass is 334 g/mol. The Kier molecular flexibility index (Phi) is 4.80. The lowest BCUT2D eigenvalue weighted by atomic mass is 9.92. The smallest absolute Gasteiger partial charge is 0.341 e. The minimum atomic E-state index is -0.519. The molecule has 25 heavy (non-hydrogen) atoms. The highest BCUT2D eigenvalue weighted by Gasteiger charge is 2.24. The maximum atomic E-state index is 12.6. The van der Waals surface area contributed by atoms with Crippen LogP contribution in [0.1, 0.15) is 27.2 Å². The molecule has 3 aromatic rings. The van der Waals surface area contributed by atoms with Crippen LogP contribution in [0.4, 0.5) is 0 Å². The van der Waals surface area contributed by atoms with Gasteiger partial charge in [-0.2, -0.15) is 0 Å². The summed E-state index contributed by atoms with van der Waals surface area (Å²) in [4.78, 5) is 24.9. The Morgan fingerprint density at radius 2 is 1.60 bits per heavy atom. The van der Waals surface area contributed by atoms with Crippen molar-refractivity contribution in [2.24, 2.45) is 0 Å². The molecule has 3 rings (SSSR count). The summed E-state index contributed by atoms with van der Waals surface area (Å²) < 4.78 is 10.3. The maximum absolute atomic E-state index is 12.6. The SMILES string of the molecule is COC(=O)c1c(C)oc(=O)c(Cc2ccccc2)c1-c1ccccc1. The molecule has 0 N–H and O–H groups in total. The average molecular weight is 334 g/mol. The Hall–Kier alpha value is -3.14. The number of ether oxygens (including phenoxy) is 1. The largest absolute Gasteiger partial charge is 0.465 e. The lowest BCUT2D eigenvalue weighted by Gasteiger charge is -2.14. The molecule has 4 nitrogen and oxygen atoms in total. The Morgan fingerprint density at radius 3 is 2.20 bits per heavy atom. The lowest BCUT2D eigenvalue weighted by Crippen LogP contribution is -2.17. The number of carbonyl (C=O) groups excluding carboxylic acids is 1. The van der Waals surface area contributed by atoms with Crippen molar-refractivity contribution in [1.82, 2.24) is 0 Å². The van der Waals surface area contributed by atoms with Crippen LogP contribution in [0.25, 0.3) is 11.1 Å². The fraction of sp³-hybridized carbons (Fsp3) is 0.143. The minimum absolute atomic E-state index is 0.257. The van der Waals surface area contributed by atoms with Crippen molar-refractivity contribution < 1.29 is 13.9 Å². The normalized spacial score (nSPS) is 10.5. The number of methoxy groups -OCH3 is 1. The first-order valence-corrected chi connectivity index (χ1v) is 7.96. The second-order valence-corrected chi connectivity index (χ2v) is 5.69. The van der Waals surface area contributed by atoms with E-state index in [4.69, 9.17) is 9.15 Å². The second kappa shape index (κ2) is 7.18. The summed E-state index contributed by atoms with van der Waals surface area (Å²) in [6, 6.07) is 19.0. The number of esters is 1. The summed E-state index contributed by atoms with van der Waals surface area (Å²) in [5.41, 5.74) is 2.62. The van der Waals surface area contributed by atoms with Gasteiger partial charge in [0.1, 0.15) is 11.3 Å². The first-order valence-electron chi connectivity index (χ1n) is 7.96. The van der Waals surface area contributed by atoms with E-state index in [1.54, 1.807) is 6.92 Å². The number of hydrogen-bond donors (Lipinski definition) is 0. The van der Waals surface area contributed by atoms with Crippen LogP contribution in [-0.2, 0) is 11.2 Å². The second-order valence-electron chi connectivity index (χ2n) is 5.69. The average Bonchev–Trinajstić information content (AvgIpc) is 2.64. The van der Waals surface area contributed by atoms with E-state index in [9.17, 15) is 9.59 Å². The molecule has 1 heterocycles. The van der Waals surface area contributed by atoms with Crippen molar-refractivity contribution in [3.05, 3.63) is 93.5 Å². The summed E-state index contributed by atoms with van der Waals surface area (Å²) in [7, 11) is 1.32. The molecule has 1 aromatic heterocycles. The van der Waals surface area contributed by atoms with Gasteiger partial charge in [-0.05, 0) is 18.1 Å². The quantitative estimate of drug-likeness (QED) is 0.677. The molecule has 0 aliphatic heterocycles. The molecule has 126 valence electrons. The molecule has 2 aromatic carbocycles. The number of benzene rings is 2. The van der Waals surface area contributed by atoms with Crippen molar-refractivity contribution in [1.29, 1.82) is 0 Å². The standard InChI is InChI=1S/C21H18O4/c1-14-18(21(23)24-2)19(16-11-7-4-8-12-16)17(20(22)25-14)13-15-9-5-3-6-10-15/h3-12H,13H2,1-2H3. The number of hydrogen-bond acceptors (Lipinski definition) is 4. The third-order valence-corrected chi connectivity index (χ3v) is 4.07. The Morgan fingerprint density at radius 1 is 1.00 bits per heavy atom. The highest BCUT2D eigenvalue weighted by molar-refractivity contribution is 5.99. The van der Waals surface area contributed by atoms with Gasteiger partial charge in [0.15, 0.2) is 0 Å². The molecule has 0 aliphatic carbocycles. The first kappa shape index (κ1) is 16.7. The molecule has 0 spiro atoms. The molecule has 0 fully saturated rings. The van der Waals surface area contributed by atoms with Gasteiger partial charge in [0, 0.05) is 12.0 Å². The summed E-state index contributed by atoms with van der Waals surface area (Å²) >= 11 is 0. The summed E-state index contributed by atoms with van der Waals surface area (Å²) in [5, 5.41) is 0. The van der Waals surface area contributed by atoms with Gasteiger partial charge in [-0.1, -0.05) is 60.7 Å². The molecular formula is C21H18O4. The zero-order chi connectivity index (χ0) is 17.8. The van der Waals surface area contributed by atoms with Crippen LogP contribution < -0.4 is 5.63 Å². The van der Waals surface area contributed by atoms with E-state index in [-0.39, 0.29) is 5.76 Å². The minimum Gasteiger partial charge on any atom is -0.465 e. The van der Waals surface area contributed by atoms with Crippen molar-refractivity contribution in [2.75, 3.05) is 7.11 Å². The maximum Gasteiger partial charge on any atom is 0.341 e. The number of aryl methyl sites for hydroxylation is 1. The molecule has 0 unspecified atom stereocenters. The zero-order valence-electron chi connectivity index (χ0n) is 14.1. The van der Waals surface area contributed by atoms with Gasteiger partial charge in [0.05, 0.1) is 12.7 Å². The van der Waals surface area contributed by atoms with E-state index in [1.165, 1.54) is 7.11 Å². The highest BCUT2D eigenvalue weighted by atomic mass is 16.5. The van der Waals surface area contributed by atoms with Gasteiger partial charge in [-0.15, -0.1) is 0 Å². The molecule has 0 saturated heterocycles. The van der Waals surface area contributed by atoms with Gasteiger partial charge in [-0.3, -0.25) is 0 Å². The first-order chi connectivity index (χ1) is 12.1. The molecular weight excluding hydrogens is 316 g/mol. The highest BCUT2D eigenvalue weighted by Crippen LogP contribution is 2.30. The van der Waals surface area contributed by atoms with Crippen LogP contribution in [0.5, 0.6) is 0 Å². The fourth-order valence-corrected chi connectivity index (χ4v) is 2.91. The van der Waals surface area contributed by atoms with Crippen molar-refractivity contribution >= 4 is 5.97 Å². The van der Waals surface area contributed by atoms with Crippen LogP contribution in [0.15, 0.2) is 69.9 Å². The number of carbonyl (C=O) groups is 1. The van der Waals surface area contributed by atoms with Gasteiger partial charge < -0.3 is 9.15 Å². The third-order valence-electron chi connectivity index (χ3n) is 4.07. The van der Waals surface area contributed by atoms with E-state index in [2.05, 4.69) is 0 Å². The van der Waals surface area contributed by atoms with Crippen molar-refractivity contribution in [3.8, 4) is 11.1 Å². The molecule has 0 radical (unpaired) electrons. The third kappa shape index (κ3) is 3.38. The van der Waals surface area contributed by atoms with E-state index in [0.29, 0.717) is 23.1 Å². The van der Waals surface area contributed by atoms with E-state index >= 15 is 0 Å². The van der Waals surface area contributed by atoms with Gasteiger partial charge in [-0.25, -0.2) is 9.59 Å². The fourth-order valence-electron chi connectivity index (χ4n) is 2.91. The summed E-state index contributed by atoms with van der Waals surface area (Å²) in [6.07, 6.45) is 0.373. The predicted molar refractivity (Wildman–Crippen MR) is 95.7 cm³/mol. The number of rotatable bonds is 4. The molecule has 4 heteroatoms. The molecule has 0 saturated carbocycles. The van der Waals surface area contributed by atoms with Crippen LogP contribution in [-0.4, -0.2) is 13.1 Å². The zero-order valence-corrected chi connectivity index (χ0v) is 14.1. The Labute approximate surface area is 145 Å².